The molecule has 0 aliphatic rings. The monoisotopic (exact) mass is 370 g/mol. The minimum atomic E-state index is -3.54. The topological polar surface area (TPSA) is 102 Å². The predicted molar refractivity (Wildman–Crippen MR) is 96.8 cm³/mol. The largest absolute Gasteiger partial charge is 0.454 e. The van der Waals surface area contributed by atoms with E-state index in [0.29, 0.717) is 12.1 Å². The molecule has 1 aromatic carbocycles. The lowest BCUT2D eigenvalue weighted by atomic mass is 10.1. The molecule has 2 N–H and O–H groups in total. The first-order valence-corrected chi connectivity index (χ1v) is 9.83. The van der Waals surface area contributed by atoms with Crippen LogP contribution in [0, 0.1) is 13.8 Å². The third-order valence-electron chi connectivity index (χ3n) is 3.61. The average molecular weight is 370 g/mol. The second-order valence-corrected chi connectivity index (χ2v) is 7.84. The van der Waals surface area contributed by atoms with E-state index >= 15 is 0 Å². The van der Waals surface area contributed by atoms with Gasteiger partial charge in [-0.15, -0.1) is 0 Å². The highest BCUT2D eigenvalue weighted by Crippen LogP contribution is 2.13. The zero-order chi connectivity index (χ0) is 19.0. The van der Waals surface area contributed by atoms with Gasteiger partial charge >= 0.3 is 5.97 Å². The second-order valence-electron chi connectivity index (χ2n) is 5.97. The molecule has 7 nitrogen and oxygen atoms in total. The van der Waals surface area contributed by atoms with Crippen LogP contribution in [0.4, 0.5) is 5.69 Å². The van der Waals surface area contributed by atoms with Crippen molar-refractivity contribution in [3.05, 3.63) is 29.3 Å². The zero-order valence-corrected chi connectivity index (χ0v) is 15.9. The number of unbranched alkanes of at least 4 members (excludes halogenated alkanes) is 1. The molecule has 8 heteroatoms. The number of aryl methyl sites for hydroxylation is 2. The summed E-state index contributed by atoms with van der Waals surface area (Å²) in [5.74, 6) is -1.33. The Morgan fingerprint density at radius 1 is 1.20 bits per heavy atom. The fraction of sp³-hybridized carbons (Fsp3) is 0.529. The number of rotatable bonds is 9. The van der Waals surface area contributed by atoms with Gasteiger partial charge in [-0.2, -0.15) is 0 Å². The summed E-state index contributed by atoms with van der Waals surface area (Å²) in [7, 11) is -3.54. The average Bonchev–Trinajstić information content (AvgIpc) is 2.53. The summed E-state index contributed by atoms with van der Waals surface area (Å²) in [5.41, 5.74) is 2.75. The summed E-state index contributed by atoms with van der Waals surface area (Å²) in [4.78, 5) is 23.7. The summed E-state index contributed by atoms with van der Waals surface area (Å²) in [6.07, 6.45) is 1.24. The van der Waals surface area contributed by atoms with Gasteiger partial charge in [-0.3, -0.25) is 9.59 Å². The quantitative estimate of drug-likeness (QED) is 0.647. The van der Waals surface area contributed by atoms with Gasteiger partial charge in [-0.1, -0.05) is 19.4 Å². The molecule has 140 valence electrons. The molecule has 1 atom stereocenters. The molecular formula is C17H26N2O5S. The molecule has 0 fully saturated rings. The van der Waals surface area contributed by atoms with Crippen molar-refractivity contribution >= 4 is 27.6 Å². The van der Waals surface area contributed by atoms with Crippen molar-refractivity contribution in [1.29, 1.82) is 0 Å². The van der Waals surface area contributed by atoms with Gasteiger partial charge in [-0.05, 0) is 50.5 Å². The number of ether oxygens (including phenoxy) is 1. The summed E-state index contributed by atoms with van der Waals surface area (Å²) < 4.78 is 30.6. The molecule has 0 unspecified atom stereocenters. The van der Waals surface area contributed by atoms with Gasteiger partial charge in [0.1, 0.15) is 6.04 Å². The summed E-state index contributed by atoms with van der Waals surface area (Å²) in [6, 6.07) is 4.41. The van der Waals surface area contributed by atoms with Gasteiger partial charge in [0, 0.05) is 5.69 Å². The highest BCUT2D eigenvalue weighted by molar-refractivity contribution is 7.89. The minimum Gasteiger partial charge on any atom is -0.454 e. The maximum atomic E-state index is 11.8. The van der Waals surface area contributed by atoms with Gasteiger partial charge in [0.15, 0.2) is 6.61 Å². The van der Waals surface area contributed by atoms with Crippen LogP contribution in [0.5, 0.6) is 0 Å². The first-order valence-electron chi connectivity index (χ1n) is 8.18. The molecule has 0 aliphatic heterocycles. The molecule has 0 radical (unpaired) electrons. The number of hydrogen-bond acceptors (Lipinski definition) is 5. The SMILES string of the molecule is CCCCS(=O)(=O)N[C@@H](C)C(=O)OCC(=O)Nc1ccc(C)c(C)c1. The first-order chi connectivity index (χ1) is 11.6. The smallest absolute Gasteiger partial charge is 0.324 e. The lowest BCUT2D eigenvalue weighted by Crippen LogP contribution is -2.41. The maximum Gasteiger partial charge on any atom is 0.324 e. The van der Waals surface area contributed by atoms with Crippen molar-refractivity contribution in [3.8, 4) is 0 Å². The maximum absolute atomic E-state index is 11.8. The number of benzene rings is 1. The van der Waals surface area contributed by atoms with E-state index < -0.39 is 34.5 Å². The Balaban J connectivity index is 2.46. The lowest BCUT2D eigenvalue weighted by molar-refractivity contribution is -0.148. The van der Waals surface area contributed by atoms with E-state index in [-0.39, 0.29) is 5.75 Å². The first kappa shape index (κ1) is 21.1. The van der Waals surface area contributed by atoms with E-state index in [1.807, 2.05) is 32.9 Å². The third-order valence-corrected chi connectivity index (χ3v) is 5.15. The molecule has 0 heterocycles. The standard InChI is InChI=1S/C17H26N2O5S/c1-5-6-9-25(22,23)19-14(4)17(21)24-11-16(20)18-15-8-7-12(2)13(3)10-15/h7-8,10,14,19H,5-6,9,11H2,1-4H3,(H,18,20)/t14-/m0/s1. The van der Waals surface area contributed by atoms with Crippen molar-refractivity contribution < 1.29 is 22.7 Å². The van der Waals surface area contributed by atoms with Crippen molar-refractivity contribution in [3.63, 3.8) is 0 Å². The van der Waals surface area contributed by atoms with Crippen LogP contribution in [0.3, 0.4) is 0 Å². The molecule has 1 aromatic rings. The van der Waals surface area contributed by atoms with Crippen LogP contribution in [0.15, 0.2) is 18.2 Å². The van der Waals surface area contributed by atoms with E-state index in [4.69, 9.17) is 4.74 Å². The molecule has 1 amide bonds. The van der Waals surface area contributed by atoms with Crippen molar-refractivity contribution in [2.75, 3.05) is 17.7 Å². The number of amides is 1. The Labute approximate surface area is 149 Å². The molecule has 0 bridgehead atoms. The van der Waals surface area contributed by atoms with E-state index in [1.54, 1.807) is 6.07 Å². The highest BCUT2D eigenvalue weighted by atomic mass is 32.2. The van der Waals surface area contributed by atoms with Crippen LogP contribution in [0.2, 0.25) is 0 Å². The van der Waals surface area contributed by atoms with Gasteiger partial charge in [0.05, 0.1) is 5.75 Å². The van der Waals surface area contributed by atoms with Crippen LogP contribution in [0.1, 0.15) is 37.8 Å². The molecule has 0 saturated heterocycles. The number of sulfonamides is 1. The van der Waals surface area contributed by atoms with E-state index in [1.165, 1.54) is 6.92 Å². The van der Waals surface area contributed by atoms with E-state index in [2.05, 4.69) is 10.0 Å². The van der Waals surface area contributed by atoms with Crippen molar-refractivity contribution in [1.82, 2.24) is 4.72 Å². The molecular weight excluding hydrogens is 344 g/mol. The number of carbonyl (C=O) groups excluding carboxylic acids is 2. The summed E-state index contributed by atoms with van der Waals surface area (Å²) in [5, 5.41) is 2.63. The van der Waals surface area contributed by atoms with E-state index in [9.17, 15) is 18.0 Å². The Morgan fingerprint density at radius 2 is 1.88 bits per heavy atom. The van der Waals surface area contributed by atoms with Crippen molar-refractivity contribution in [2.24, 2.45) is 0 Å². The highest BCUT2D eigenvalue weighted by Gasteiger charge is 2.21. The Hall–Kier alpha value is -1.93. The number of esters is 1. The molecule has 0 aliphatic carbocycles. The van der Waals surface area contributed by atoms with Crippen LogP contribution < -0.4 is 10.0 Å². The number of carbonyl (C=O) groups is 2. The molecule has 0 saturated carbocycles. The van der Waals surface area contributed by atoms with Crippen molar-refractivity contribution in [2.45, 2.75) is 46.6 Å². The summed E-state index contributed by atoms with van der Waals surface area (Å²) >= 11 is 0. The number of nitrogens with one attached hydrogen (secondary N) is 2. The zero-order valence-electron chi connectivity index (χ0n) is 15.1. The fourth-order valence-electron chi connectivity index (χ4n) is 1.99. The van der Waals surface area contributed by atoms with Gasteiger partial charge in [0.2, 0.25) is 10.0 Å². The Kier molecular flexibility index (Phi) is 8.05. The molecule has 1 rings (SSSR count). The van der Waals surface area contributed by atoms with E-state index in [0.717, 1.165) is 17.5 Å². The third kappa shape index (κ3) is 7.66. The number of hydrogen-bond donors (Lipinski definition) is 2. The number of anilines is 1. The van der Waals surface area contributed by atoms with Gasteiger partial charge in [-0.25, -0.2) is 13.1 Å². The Bertz CT molecular complexity index is 716. The van der Waals surface area contributed by atoms with Crippen LogP contribution in [-0.2, 0) is 24.3 Å². The second kappa shape index (κ2) is 9.53. The Morgan fingerprint density at radius 3 is 2.48 bits per heavy atom. The van der Waals surface area contributed by atoms with Crippen LogP contribution in [-0.4, -0.2) is 38.7 Å². The molecule has 25 heavy (non-hydrogen) atoms. The molecule has 0 aromatic heterocycles. The van der Waals surface area contributed by atoms with Gasteiger partial charge < -0.3 is 10.1 Å². The summed E-state index contributed by atoms with van der Waals surface area (Å²) in [6.45, 7) is 6.67. The molecule has 0 spiro atoms. The normalized spacial score (nSPS) is 12.5. The minimum absolute atomic E-state index is 0.0472. The van der Waals surface area contributed by atoms with Gasteiger partial charge in [0.25, 0.3) is 5.91 Å². The van der Waals surface area contributed by atoms with Crippen LogP contribution in [0.25, 0.3) is 0 Å². The fourth-order valence-corrected chi connectivity index (χ4v) is 3.41. The van der Waals surface area contributed by atoms with Crippen LogP contribution >= 0.6 is 0 Å². The lowest BCUT2D eigenvalue weighted by Gasteiger charge is -2.13. The predicted octanol–water partition coefficient (Wildman–Crippen LogP) is 1.89.